The molecule has 4 aromatic rings. The van der Waals surface area contributed by atoms with Crippen LogP contribution in [0.3, 0.4) is 0 Å². The first-order valence-corrected chi connectivity index (χ1v) is 8.16. The molecule has 0 bridgehead atoms. The van der Waals surface area contributed by atoms with Crippen molar-refractivity contribution in [3.05, 3.63) is 71.3 Å². The van der Waals surface area contributed by atoms with E-state index in [0.29, 0.717) is 29.6 Å². The average molecular weight is 327 g/mol. The largest absolute Gasteiger partial charge is 0.469 e. The third kappa shape index (κ3) is 1.94. The van der Waals surface area contributed by atoms with Gasteiger partial charge in [0, 0.05) is 23.6 Å². The van der Waals surface area contributed by atoms with Gasteiger partial charge >= 0.3 is 0 Å². The number of Topliss-reactive ketones (excluding diaryl/α,β-unsaturated/α-hetero) is 1. The first-order chi connectivity index (χ1) is 12.3. The molecule has 0 aliphatic heterocycles. The number of benzene rings is 1. The van der Waals surface area contributed by atoms with Crippen LogP contribution in [0.1, 0.15) is 39.7 Å². The summed E-state index contributed by atoms with van der Waals surface area (Å²) in [5.41, 5.74) is 4.30. The Morgan fingerprint density at radius 3 is 2.88 bits per heavy atom. The Balaban J connectivity index is 1.84. The molecular formula is C20H13N3O2. The Kier molecular flexibility index (Phi) is 2.83. The van der Waals surface area contributed by atoms with Gasteiger partial charge in [-0.3, -0.25) is 9.20 Å². The average Bonchev–Trinajstić information content (AvgIpc) is 3.29. The quantitative estimate of drug-likeness (QED) is 0.532. The molecule has 5 heteroatoms. The lowest BCUT2D eigenvalue weighted by molar-refractivity contribution is 0.0959. The van der Waals surface area contributed by atoms with E-state index in [-0.39, 0.29) is 11.7 Å². The normalized spacial score (nSPS) is 16.9. The molecular weight excluding hydrogens is 314 g/mol. The first-order valence-electron chi connectivity index (χ1n) is 8.16. The molecule has 25 heavy (non-hydrogen) atoms. The van der Waals surface area contributed by atoms with Gasteiger partial charge in [0.15, 0.2) is 11.4 Å². The van der Waals surface area contributed by atoms with Crippen molar-refractivity contribution in [3.8, 4) is 6.07 Å². The van der Waals surface area contributed by atoms with Gasteiger partial charge in [-0.15, -0.1) is 0 Å². The Morgan fingerprint density at radius 2 is 2.08 bits per heavy atom. The van der Waals surface area contributed by atoms with Crippen LogP contribution in [-0.4, -0.2) is 15.2 Å². The van der Waals surface area contributed by atoms with E-state index in [1.54, 1.807) is 12.3 Å². The number of para-hydroxylation sites is 2. The number of nitriles is 1. The summed E-state index contributed by atoms with van der Waals surface area (Å²) < 4.78 is 7.50. The van der Waals surface area contributed by atoms with Crippen LogP contribution in [-0.2, 0) is 6.42 Å². The van der Waals surface area contributed by atoms with Crippen molar-refractivity contribution < 1.29 is 9.21 Å². The monoisotopic (exact) mass is 327 g/mol. The second-order valence-electron chi connectivity index (χ2n) is 6.33. The number of aromatic nitrogens is 2. The van der Waals surface area contributed by atoms with E-state index in [1.807, 2.05) is 40.8 Å². The maximum atomic E-state index is 12.8. The Bertz CT molecular complexity index is 1180. The highest BCUT2D eigenvalue weighted by atomic mass is 16.3. The van der Waals surface area contributed by atoms with Crippen LogP contribution in [0, 0.1) is 11.3 Å². The summed E-state index contributed by atoms with van der Waals surface area (Å²) >= 11 is 0. The number of rotatable bonds is 1. The van der Waals surface area contributed by atoms with Crippen LogP contribution >= 0.6 is 0 Å². The molecule has 0 amide bonds. The predicted octanol–water partition coefficient (Wildman–Crippen LogP) is 3.86. The van der Waals surface area contributed by atoms with Crippen molar-refractivity contribution in [2.75, 3.05) is 0 Å². The van der Waals surface area contributed by atoms with Crippen LogP contribution in [0.2, 0.25) is 0 Å². The van der Waals surface area contributed by atoms with Crippen molar-refractivity contribution in [3.63, 3.8) is 0 Å². The minimum absolute atomic E-state index is 0.00676. The predicted molar refractivity (Wildman–Crippen MR) is 91.5 cm³/mol. The number of fused-ring (bicyclic) bond motifs is 5. The highest BCUT2D eigenvalue weighted by Crippen LogP contribution is 2.35. The molecule has 0 saturated heterocycles. The number of hydrogen-bond acceptors (Lipinski definition) is 4. The number of carbonyl (C=O) groups is 1. The van der Waals surface area contributed by atoms with Crippen molar-refractivity contribution >= 4 is 22.5 Å². The maximum absolute atomic E-state index is 12.8. The zero-order valence-electron chi connectivity index (χ0n) is 13.3. The Labute approximate surface area is 143 Å². The van der Waals surface area contributed by atoms with Gasteiger partial charge in [0.1, 0.15) is 11.8 Å². The minimum Gasteiger partial charge on any atom is -0.469 e. The van der Waals surface area contributed by atoms with Crippen LogP contribution < -0.4 is 0 Å². The van der Waals surface area contributed by atoms with Crippen molar-refractivity contribution in [1.29, 1.82) is 5.26 Å². The molecule has 1 atom stereocenters. The van der Waals surface area contributed by atoms with E-state index in [4.69, 9.17) is 4.42 Å². The summed E-state index contributed by atoms with van der Waals surface area (Å²) in [6.07, 6.45) is 2.71. The molecule has 3 heterocycles. The molecule has 5 rings (SSSR count). The van der Waals surface area contributed by atoms with Crippen LogP contribution in [0.4, 0.5) is 0 Å². The van der Waals surface area contributed by atoms with E-state index in [2.05, 4.69) is 11.1 Å². The molecule has 1 aromatic carbocycles. The number of furan rings is 1. The number of carbonyl (C=O) groups excluding carboxylic acids is 1. The minimum atomic E-state index is 0.00676. The van der Waals surface area contributed by atoms with Gasteiger partial charge in [-0.1, -0.05) is 12.1 Å². The van der Waals surface area contributed by atoms with Crippen molar-refractivity contribution in [2.45, 2.75) is 18.8 Å². The Hall–Kier alpha value is -3.39. The van der Waals surface area contributed by atoms with Gasteiger partial charge in [0.2, 0.25) is 0 Å². The Morgan fingerprint density at radius 1 is 1.20 bits per heavy atom. The first kappa shape index (κ1) is 14.0. The summed E-state index contributed by atoms with van der Waals surface area (Å²) in [6, 6.07) is 15.4. The van der Waals surface area contributed by atoms with Crippen molar-refractivity contribution in [2.24, 2.45) is 0 Å². The fraction of sp³-hybridized carbons (Fsp3) is 0.150. The van der Waals surface area contributed by atoms with Crippen LogP contribution in [0.15, 0.2) is 53.1 Å². The maximum Gasteiger partial charge on any atom is 0.165 e. The fourth-order valence-corrected chi connectivity index (χ4v) is 3.78. The van der Waals surface area contributed by atoms with E-state index >= 15 is 0 Å². The summed E-state index contributed by atoms with van der Waals surface area (Å²) in [6.45, 7) is 0. The zero-order valence-corrected chi connectivity index (χ0v) is 13.3. The smallest absolute Gasteiger partial charge is 0.165 e. The molecule has 5 nitrogen and oxygen atoms in total. The van der Waals surface area contributed by atoms with Gasteiger partial charge in [-0.2, -0.15) is 5.26 Å². The number of nitrogens with zero attached hydrogens (tertiary/aromatic N) is 3. The third-order valence-electron chi connectivity index (χ3n) is 4.91. The van der Waals surface area contributed by atoms with E-state index in [1.165, 1.54) is 0 Å². The molecule has 0 fully saturated rings. The molecule has 0 radical (unpaired) electrons. The lowest BCUT2D eigenvalue weighted by atomic mass is 9.84. The molecule has 1 unspecified atom stereocenters. The molecule has 1 aliphatic rings. The second kappa shape index (κ2) is 5.05. The molecule has 1 aliphatic carbocycles. The third-order valence-corrected chi connectivity index (χ3v) is 4.91. The molecule has 0 saturated carbocycles. The van der Waals surface area contributed by atoms with E-state index in [0.717, 1.165) is 22.5 Å². The molecule has 120 valence electrons. The SMILES string of the molecule is N#Cc1cc2c(n3c1nc1ccccc13)CC(c1ccco1)CC2=O. The van der Waals surface area contributed by atoms with E-state index < -0.39 is 0 Å². The van der Waals surface area contributed by atoms with Gasteiger partial charge in [0.25, 0.3) is 0 Å². The lowest BCUT2D eigenvalue weighted by Gasteiger charge is -2.23. The second-order valence-corrected chi connectivity index (χ2v) is 6.33. The molecule has 0 spiro atoms. The highest BCUT2D eigenvalue weighted by Gasteiger charge is 2.31. The zero-order chi connectivity index (χ0) is 17.0. The summed E-state index contributed by atoms with van der Waals surface area (Å²) in [4.78, 5) is 17.4. The van der Waals surface area contributed by atoms with Crippen molar-refractivity contribution in [1.82, 2.24) is 9.38 Å². The highest BCUT2D eigenvalue weighted by molar-refractivity contribution is 6.00. The van der Waals surface area contributed by atoms with E-state index in [9.17, 15) is 10.1 Å². The van der Waals surface area contributed by atoms with Gasteiger partial charge in [-0.25, -0.2) is 4.98 Å². The molecule has 3 aromatic heterocycles. The van der Waals surface area contributed by atoms with Gasteiger partial charge in [-0.05, 0) is 36.8 Å². The number of pyridine rings is 1. The van der Waals surface area contributed by atoms with Gasteiger partial charge in [0.05, 0.1) is 22.9 Å². The standard InChI is InChI=1S/C20H13N3O2/c21-11-13-8-14-17(9-12(10-18(14)24)19-6-3-7-25-19)23-16-5-2-1-4-15(16)22-20(13)23/h1-8,12H,9-10H2. The summed E-state index contributed by atoms with van der Waals surface area (Å²) in [5, 5.41) is 9.52. The topological polar surface area (TPSA) is 71.3 Å². The summed E-state index contributed by atoms with van der Waals surface area (Å²) in [7, 11) is 0. The van der Waals surface area contributed by atoms with Crippen LogP contribution in [0.5, 0.6) is 0 Å². The fourth-order valence-electron chi connectivity index (χ4n) is 3.78. The number of hydrogen-bond donors (Lipinski definition) is 0. The van der Waals surface area contributed by atoms with Crippen LogP contribution in [0.25, 0.3) is 16.7 Å². The number of imidazole rings is 1. The molecule has 0 N–H and O–H groups in total. The lowest BCUT2D eigenvalue weighted by Crippen LogP contribution is -2.21. The number of ketones is 1. The summed E-state index contributed by atoms with van der Waals surface area (Å²) in [5.74, 6) is 0.868. The van der Waals surface area contributed by atoms with Gasteiger partial charge < -0.3 is 4.42 Å².